The van der Waals surface area contributed by atoms with Crippen LogP contribution in [0.3, 0.4) is 0 Å². The van der Waals surface area contributed by atoms with E-state index in [9.17, 15) is 4.79 Å². The molecule has 1 atom stereocenters. The molecule has 1 aliphatic heterocycles. The van der Waals surface area contributed by atoms with Crippen molar-refractivity contribution in [1.29, 1.82) is 0 Å². The summed E-state index contributed by atoms with van der Waals surface area (Å²) in [4.78, 5) is 13.6. The number of para-hydroxylation sites is 1. The normalized spacial score (nSPS) is 15.5. The van der Waals surface area contributed by atoms with E-state index in [4.69, 9.17) is 9.47 Å². The number of hydrogen-bond acceptors (Lipinski definition) is 4. The number of amides is 1. The van der Waals surface area contributed by atoms with Gasteiger partial charge in [-0.2, -0.15) is 0 Å². The maximum atomic E-state index is 13.6. The summed E-state index contributed by atoms with van der Waals surface area (Å²) in [7, 11) is 1.68. The van der Waals surface area contributed by atoms with E-state index in [1.54, 1.807) is 18.9 Å². The molecule has 5 heteroatoms. The van der Waals surface area contributed by atoms with Gasteiger partial charge in [0.25, 0.3) is 0 Å². The van der Waals surface area contributed by atoms with Crippen LogP contribution in [0.1, 0.15) is 93.2 Å². The van der Waals surface area contributed by atoms with Crippen molar-refractivity contribution in [3.8, 4) is 11.5 Å². The van der Waals surface area contributed by atoms with Gasteiger partial charge in [-0.25, -0.2) is 0 Å². The van der Waals surface area contributed by atoms with Gasteiger partial charge in [-0.15, -0.1) is 11.8 Å². The maximum absolute atomic E-state index is 13.6. The number of benzene rings is 2. The predicted molar refractivity (Wildman–Crippen MR) is 140 cm³/mol. The molecule has 4 nitrogen and oxygen atoms in total. The van der Waals surface area contributed by atoms with Crippen LogP contribution < -0.4 is 14.8 Å². The topological polar surface area (TPSA) is 47.6 Å². The highest BCUT2D eigenvalue weighted by molar-refractivity contribution is 8.00. The standard InChI is InChI=1S/C28H39NO3S/c1-7-8-9-14-32-25-17-23-20(16-24(25)31-6)13-15-33-27(23)28(30)29-26-21(18(2)3)11-10-12-22(26)19(4)5/h10-12,16-19,27H,7-9,13-15H2,1-6H3,(H,29,30). The van der Waals surface area contributed by atoms with Gasteiger partial charge in [-0.3, -0.25) is 4.79 Å². The van der Waals surface area contributed by atoms with E-state index in [0.717, 1.165) is 54.2 Å². The Morgan fingerprint density at radius 1 is 1.09 bits per heavy atom. The Bertz CT molecular complexity index is 928. The van der Waals surface area contributed by atoms with Crippen molar-refractivity contribution < 1.29 is 14.3 Å². The van der Waals surface area contributed by atoms with Gasteiger partial charge in [0.1, 0.15) is 5.25 Å². The van der Waals surface area contributed by atoms with E-state index in [1.807, 2.05) is 6.07 Å². The summed E-state index contributed by atoms with van der Waals surface area (Å²) < 4.78 is 11.7. The van der Waals surface area contributed by atoms with Crippen LogP contribution in [0.2, 0.25) is 0 Å². The molecule has 3 rings (SSSR count). The van der Waals surface area contributed by atoms with Crippen LogP contribution in [0.4, 0.5) is 5.69 Å². The molecule has 33 heavy (non-hydrogen) atoms. The second-order valence-electron chi connectivity index (χ2n) is 9.37. The van der Waals surface area contributed by atoms with E-state index < -0.39 is 0 Å². The molecular weight excluding hydrogens is 430 g/mol. The highest BCUT2D eigenvalue weighted by atomic mass is 32.2. The Labute approximate surface area is 203 Å². The van der Waals surface area contributed by atoms with Crippen LogP contribution in [0.25, 0.3) is 0 Å². The molecule has 180 valence electrons. The number of rotatable bonds is 10. The van der Waals surface area contributed by atoms with E-state index in [2.05, 4.69) is 64.2 Å². The Balaban J connectivity index is 1.91. The molecule has 0 aliphatic carbocycles. The van der Waals surface area contributed by atoms with Crippen LogP contribution in [-0.4, -0.2) is 25.4 Å². The summed E-state index contributed by atoms with van der Waals surface area (Å²) in [6.07, 6.45) is 4.23. The van der Waals surface area contributed by atoms with Gasteiger partial charge in [0.05, 0.1) is 13.7 Å². The third-order valence-corrected chi connectivity index (χ3v) is 7.47. The van der Waals surface area contributed by atoms with Crippen molar-refractivity contribution in [3.05, 3.63) is 52.6 Å². The molecule has 1 aliphatic rings. The fourth-order valence-electron chi connectivity index (χ4n) is 4.36. The minimum atomic E-state index is -0.266. The molecule has 0 bridgehead atoms. The molecule has 0 saturated carbocycles. The Morgan fingerprint density at radius 3 is 2.39 bits per heavy atom. The zero-order valence-electron chi connectivity index (χ0n) is 21.0. The molecule has 1 N–H and O–H groups in total. The number of nitrogens with one attached hydrogen (secondary N) is 1. The molecule has 2 aromatic carbocycles. The molecule has 0 fully saturated rings. The zero-order valence-corrected chi connectivity index (χ0v) is 21.8. The number of methoxy groups -OCH3 is 1. The van der Waals surface area contributed by atoms with Gasteiger partial charge in [-0.05, 0) is 64.8 Å². The van der Waals surface area contributed by atoms with Crippen LogP contribution in [-0.2, 0) is 11.2 Å². The lowest BCUT2D eigenvalue weighted by molar-refractivity contribution is -0.115. The molecule has 0 aromatic heterocycles. The van der Waals surface area contributed by atoms with Crippen molar-refractivity contribution in [2.24, 2.45) is 0 Å². The number of aryl methyl sites for hydroxylation is 1. The second kappa shape index (κ2) is 11.8. The number of carbonyl (C=O) groups excluding carboxylic acids is 1. The lowest BCUT2D eigenvalue weighted by Crippen LogP contribution is -2.24. The fraction of sp³-hybridized carbons (Fsp3) is 0.536. The maximum Gasteiger partial charge on any atom is 0.242 e. The van der Waals surface area contributed by atoms with E-state index >= 15 is 0 Å². The summed E-state index contributed by atoms with van der Waals surface area (Å²) in [6, 6.07) is 10.4. The van der Waals surface area contributed by atoms with Crippen LogP contribution >= 0.6 is 11.8 Å². The molecule has 1 heterocycles. The Hall–Kier alpha value is -2.14. The minimum Gasteiger partial charge on any atom is -0.493 e. The average molecular weight is 470 g/mol. The quantitative estimate of drug-likeness (QED) is 0.366. The molecule has 0 saturated heterocycles. The number of fused-ring (bicyclic) bond motifs is 1. The summed E-state index contributed by atoms with van der Waals surface area (Å²) in [5.74, 6) is 3.10. The monoisotopic (exact) mass is 469 g/mol. The number of carbonyl (C=O) groups is 1. The fourth-order valence-corrected chi connectivity index (χ4v) is 5.55. The van der Waals surface area contributed by atoms with Gasteiger partial charge < -0.3 is 14.8 Å². The number of hydrogen-bond donors (Lipinski definition) is 1. The summed E-state index contributed by atoms with van der Waals surface area (Å²) in [5.41, 5.74) is 5.57. The number of unbranched alkanes of at least 4 members (excludes halogenated alkanes) is 2. The first kappa shape index (κ1) is 25.5. The first-order valence-corrected chi connectivity index (χ1v) is 13.3. The van der Waals surface area contributed by atoms with Gasteiger partial charge in [0.2, 0.25) is 5.91 Å². The van der Waals surface area contributed by atoms with E-state index in [1.165, 1.54) is 16.7 Å². The second-order valence-corrected chi connectivity index (χ2v) is 10.6. The number of ether oxygens (including phenoxy) is 2. The van der Waals surface area contributed by atoms with Crippen LogP contribution in [0, 0.1) is 0 Å². The molecular formula is C28H39NO3S. The number of thioether (sulfide) groups is 1. The average Bonchev–Trinajstić information content (AvgIpc) is 2.80. The van der Waals surface area contributed by atoms with Gasteiger partial charge in [0, 0.05) is 5.69 Å². The van der Waals surface area contributed by atoms with Crippen LogP contribution in [0.5, 0.6) is 11.5 Å². The summed E-state index contributed by atoms with van der Waals surface area (Å²) in [5, 5.41) is 3.06. The SMILES string of the molecule is CCCCCOc1cc2c(cc1OC)CCSC2C(=O)Nc1c(C(C)C)cccc1C(C)C. The smallest absolute Gasteiger partial charge is 0.242 e. The van der Waals surface area contributed by atoms with Crippen molar-refractivity contribution in [3.63, 3.8) is 0 Å². The number of anilines is 1. The lowest BCUT2D eigenvalue weighted by Gasteiger charge is -2.27. The highest BCUT2D eigenvalue weighted by Crippen LogP contribution is 2.43. The third-order valence-electron chi connectivity index (χ3n) is 6.23. The van der Waals surface area contributed by atoms with E-state index in [0.29, 0.717) is 18.4 Å². The Kier molecular flexibility index (Phi) is 9.13. The van der Waals surface area contributed by atoms with Gasteiger partial charge in [-0.1, -0.05) is 65.7 Å². The Morgan fingerprint density at radius 2 is 1.79 bits per heavy atom. The minimum absolute atomic E-state index is 0.0399. The van der Waals surface area contributed by atoms with Crippen molar-refractivity contribution in [2.75, 3.05) is 24.8 Å². The third kappa shape index (κ3) is 6.06. The van der Waals surface area contributed by atoms with Crippen LogP contribution in [0.15, 0.2) is 30.3 Å². The largest absolute Gasteiger partial charge is 0.493 e. The van der Waals surface area contributed by atoms with E-state index in [-0.39, 0.29) is 11.2 Å². The van der Waals surface area contributed by atoms with Crippen molar-refractivity contribution in [2.45, 2.75) is 77.4 Å². The predicted octanol–water partition coefficient (Wildman–Crippen LogP) is 7.48. The highest BCUT2D eigenvalue weighted by Gasteiger charge is 2.30. The molecule has 1 unspecified atom stereocenters. The zero-order chi connectivity index (χ0) is 24.0. The van der Waals surface area contributed by atoms with Gasteiger partial charge >= 0.3 is 0 Å². The van der Waals surface area contributed by atoms with Crippen molar-refractivity contribution >= 4 is 23.4 Å². The molecule has 1 amide bonds. The first-order valence-electron chi connectivity index (χ1n) is 12.3. The lowest BCUT2D eigenvalue weighted by atomic mass is 9.92. The first-order chi connectivity index (χ1) is 15.9. The molecule has 0 spiro atoms. The molecule has 0 radical (unpaired) electrons. The van der Waals surface area contributed by atoms with Crippen molar-refractivity contribution in [1.82, 2.24) is 0 Å². The summed E-state index contributed by atoms with van der Waals surface area (Å²) in [6.45, 7) is 11.5. The summed E-state index contributed by atoms with van der Waals surface area (Å²) >= 11 is 1.71. The van der Waals surface area contributed by atoms with Gasteiger partial charge in [0.15, 0.2) is 11.5 Å². The molecule has 2 aromatic rings.